The molecule has 0 unspecified atom stereocenters. The molecule has 0 aromatic heterocycles. The Labute approximate surface area is 95.6 Å². The van der Waals surface area contributed by atoms with E-state index in [1.165, 1.54) is 29.9 Å². The number of aryl methyl sites for hydroxylation is 1. The van der Waals surface area contributed by atoms with Crippen LogP contribution in [0.25, 0.3) is 0 Å². The van der Waals surface area contributed by atoms with Gasteiger partial charge in [0, 0.05) is 23.7 Å². The topological polar surface area (TPSA) is 14.1 Å². The summed E-state index contributed by atoms with van der Waals surface area (Å²) in [6.07, 6.45) is 3.77. The third-order valence-electron chi connectivity index (χ3n) is 3.46. The zero-order valence-electron chi connectivity index (χ0n) is 8.91. The maximum atomic E-state index is 4.42. The molecule has 0 spiro atoms. The van der Waals surface area contributed by atoms with Crippen LogP contribution in [-0.4, -0.2) is 18.8 Å². The molecule has 2 heteroatoms. The van der Waals surface area contributed by atoms with E-state index in [0.29, 0.717) is 0 Å². The van der Waals surface area contributed by atoms with Crippen molar-refractivity contribution in [2.75, 3.05) is 18.8 Å². The van der Waals surface area contributed by atoms with Gasteiger partial charge in [-0.25, -0.2) is 5.32 Å². The molecule has 2 aliphatic heterocycles. The van der Waals surface area contributed by atoms with Crippen LogP contribution in [0.5, 0.6) is 0 Å². The molecular formula is C13H16NS. The Kier molecular flexibility index (Phi) is 2.72. The molecule has 79 valence electrons. The second-order valence-electron chi connectivity index (χ2n) is 4.41. The Balaban J connectivity index is 1.85. The Morgan fingerprint density at radius 1 is 1.20 bits per heavy atom. The van der Waals surface area contributed by atoms with Crippen LogP contribution in [0.2, 0.25) is 0 Å². The molecule has 1 fully saturated rings. The van der Waals surface area contributed by atoms with Gasteiger partial charge in [0.2, 0.25) is 0 Å². The molecule has 2 heterocycles. The fourth-order valence-corrected chi connectivity index (χ4v) is 3.64. The quantitative estimate of drug-likeness (QED) is 0.707. The highest BCUT2D eigenvalue weighted by molar-refractivity contribution is 7.99. The van der Waals surface area contributed by atoms with Gasteiger partial charge in [0.05, 0.1) is 0 Å². The van der Waals surface area contributed by atoms with Crippen LogP contribution in [0.4, 0.5) is 0 Å². The summed E-state index contributed by atoms with van der Waals surface area (Å²) in [7, 11) is 0. The highest BCUT2D eigenvalue weighted by Gasteiger charge is 2.18. The summed E-state index contributed by atoms with van der Waals surface area (Å²) in [5, 5.41) is 4.42. The van der Waals surface area contributed by atoms with Gasteiger partial charge in [0.1, 0.15) is 0 Å². The van der Waals surface area contributed by atoms with E-state index in [1.807, 2.05) is 11.8 Å². The maximum absolute atomic E-state index is 4.42. The predicted octanol–water partition coefficient (Wildman–Crippen LogP) is 2.82. The average Bonchev–Trinajstić information content (AvgIpc) is 2.77. The van der Waals surface area contributed by atoms with Gasteiger partial charge < -0.3 is 0 Å². The lowest BCUT2D eigenvalue weighted by Crippen LogP contribution is -2.20. The predicted molar refractivity (Wildman–Crippen MR) is 64.7 cm³/mol. The molecule has 0 amide bonds. The number of nitrogens with zero attached hydrogens (tertiary/aromatic N) is 1. The van der Waals surface area contributed by atoms with Crippen molar-refractivity contribution in [1.82, 2.24) is 5.32 Å². The van der Waals surface area contributed by atoms with E-state index in [4.69, 9.17) is 0 Å². The molecule has 1 aromatic carbocycles. The molecular weight excluding hydrogens is 202 g/mol. The number of hydrogen-bond acceptors (Lipinski definition) is 1. The third-order valence-corrected chi connectivity index (χ3v) is 4.56. The Hall–Kier alpha value is -0.470. The fourth-order valence-electron chi connectivity index (χ4n) is 2.52. The molecule has 0 bridgehead atoms. The largest absolute Gasteiger partial charge is 0.242 e. The molecule has 1 radical (unpaired) electrons. The molecule has 1 aromatic rings. The summed E-state index contributed by atoms with van der Waals surface area (Å²) in [5.74, 6) is 2.05. The molecule has 0 N–H and O–H groups in total. The van der Waals surface area contributed by atoms with Crippen LogP contribution in [0.3, 0.4) is 0 Å². The minimum absolute atomic E-state index is 0.772. The van der Waals surface area contributed by atoms with Gasteiger partial charge in [-0.1, -0.05) is 12.1 Å². The number of rotatable bonds is 1. The Morgan fingerprint density at radius 2 is 2.07 bits per heavy atom. The lowest BCUT2D eigenvalue weighted by molar-refractivity contribution is 0.453. The van der Waals surface area contributed by atoms with Gasteiger partial charge in [0.25, 0.3) is 0 Å². The number of benzene rings is 1. The second-order valence-corrected chi connectivity index (χ2v) is 5.55. The summed E-state index contributed by atoms with van der Waals surface area (Å²) >= 11 is 2.02. The zero-order chi connectivity index (χ0) is 10.1. The van der Waals surface area contributed by atoms with E-state index in [0.717, 1.165) is 19.0 Å². The van der Waals surface area contributed by atoms with Gasteiger partial charge in [-0.2, -0.15) is 0 Å². The van der Waals surface area contributed by atoms with Crippen molar-refractivity contribution >= 4 is 11.8 Å². The zero-order valence-corrected chi connectivity index (χ0v) is 9.72. The molecule has 2 aliphatic rings. The third kappa shape index (κ3) is 1.93. The summed E-state index contributed by atoms with van der Waals surface area (Å²) < 4.78 is 0. The Morgan fingerprint density at radius 3 is 2.93 bits per heavy atom. The SMILES string of the molecule is c1cc2c(cc1C1CC[N]CC1)SCC2. The molecule has 1 nitrogen and oxygen atoms in total. The van der Waals surface area contributed by atoms with Crippen molar-refractivity contribution in [2.24, 2.45) is 0 Å². The van der Waals surface area contributed by atoms with E-state index >= 15 is 0 Å². The highest BCUT2D eigenvalue weighted by Crippen LogP contribution is 2.35. The second kappa shape index (κ2) is 4.18. The minimum atomic E-state index is 0.772. The van der Waals surface area contributed by atoms with Crippen LogP contribution in [0.1, 0.15) is 29.9 Å². The summed E-state index contributed by atoms with van der Waals surface area (Å²) in [6.45, 7) is 2.13. The average molecular weight is 218 g/mol. The maximum Gasteiger partial charge on any atom is 0.0139 e. The van der Waals surface area contributed by atoms with Gasteiger partial charge in [-0.05, 0) is 42.4 Å². The minimum Gasteiger partial charge on any atom is -0.242 e. The van der Waals surface area contributed by atoms with E-state index in [2.05, 4.69) is 23.5 Å². The van der Waals surface area contributed by atoms with Crippen LogP contribution in [-0.2, 0) is 6.42 Å². The highest BCUT2D eigenvalue weighted by atomic mass is 32.2. The van der Waals surface area contributed by atoms with Crippen molar-refractivity contribution in [2.45, 2.75) is 30.1 Å². The van der Waals surface area contributed by atoms with E-state index in [-0.39, 0.29) is 0 Å². The smallest absolute Gasteiger partial charge is 0.0139 e. The first-order chi connectivity index (χ1) is 7.43. The van der Waals surface area contributed by atoms with Crippen LogP contribution < -0.4 is 5.32 Å². The molecule has 0 atom stereocenters. The van der Waals surface area contributed by atoms with Crippen LogP contribution in [0.15, 0.2) is 23.1 Å². The van der Waals surface area contributed by atoms with Crippen molar-refractivity contribution < 1.29 is 0 Å². The van der Waals surface area contributed by atoms with Crippen molar-refractivity contribution in [3.05, 3.63) is 29.3 Å². The molecule has 0 aliphatic carbocycles. The van der Waals surface area contributed by atoms with E-state index in [9.17, 15) is 0 Å². The van der Waals surface area contributed by atoms with E-state index in [1.54, 1.807) is 11.1 Å². The molecule has 3 rings (SSSR count). The van der Waals surface area contributed by atoms with Crippen molar-refractivity contribution in [1.29, 1.82) is 0 Å². The lowest BCUT2D eigenvalue weighted by atomic mass is 9.89. The summed E-state index contributed by atoms with van der Waals surface area (Å²) in [5.41, 5.74) is 3.11. The van der Waals surface area contributed by atoms with Crippen molar-refractivity contribution in [3.8, 4) is 0 Å². The first-order valence-corrected chi connectivity index (χ1v) is 6.81. The number of hydrogen-bond donors (Lipinski definition) is 0. The number of fused-ring (bicyclic) bond motifs is 1. The first-order valence-electron chi connectivity index (χ1n) is 5.82. The van der Waals surface area contributed by atoms with E-state index < -0.39 is 0 Å². The Bertz CT molecular complexity index is 356. The van der Waals surface area contributed by atoms with Gasteiger partial charge >= 0.3 is 0 Å². The number of thioether (sulfide) groups is 1. The van der Waals surface area contributed by atoms with Crippen LogP contribution >= 0.6 is 11.8 Å². The van der Waals surface area contributed by atoms with Gasteiger partial charge in [-0.15, -0.1) is 11.8 Å². The fraction of sp³-hybridized carbons (Fsp3) is 0.538. The number of piperidine rings is 1. The van der Waals surface area contributed by atoms with Crippen LogP contribution in [0, 0.1) is 0 Å². The van der Waals surface area contributed by atoms with Gasteiger partial charge in [-0.3, -0.25) is 0 Å². The molecule has 15 heavy (non-hydrogen) atoms. The summed E-state index contributed by atoms with van der Waals surface area (Å²) in [4.78, 5) is 1.54. The normalized spacial score (nSPS) is 21.6. The molecule has 1 saturated heterocycles. The first kappa shape index (κ1) is 9.73. The standard InChI is InChI=1S/C13H16NS/c1-2-12(10-3-6-14-7-4-10)9-13-11(1)5-8-15-13/h1-2,9-10H,3-8H2. The van der Waals surface area contributed by atoms with Gasteiger partial charge in [0.15, 0.2) is 0 Å². The lowest BCUT2D eigenvalue weighted by Gasteiger charge is -2.22. The summed E-state index contributed by atoms with van der Waals surface area (Å²) in [6, 6.07) is 7.13. The molecule has 0 saturated carbocycles. The van der Waals surface area contributed by atoms with Crippen molar-refractivity contribution in [3.63, 3.8) is 0 Å². The monoisotopic (exact) mass is 218 g/mol.